The van der Waals surface area contributed by atoms with Crippen molar-refractivity contribution in [1.29, 1.82) is 0 Å². The standard InChI is InChI=1S/C10H8Br2O3/c11-7-3-5(10(13)14)4-8(12)9(7)15-6-1-2-6/h3-4,6H,1-2H2,(H,13,14). The van der Waals surface area contributed by atoms with Crippen LogP contribution in [0, 0.1) is 0 Å². The number of carbonyl (C=O) groups is 1. The van der Waals surface area contributed by atoms with Gasteiger partial charge >= 0.3 is 5.97 Å². The number of hydrogen-bond acceptors (Lipinski definition) is 2. The molecule has 1 saturated carbocycles. The number of ether oxygens (including phenoxy) is 1. The van der Waals surface area contributed by atoms with Gasteiger partial charge in [0.15, 0.2) is 0 Å². The van der Waals surface area contributed by atoms with Gasteiger partial charge in [-0.05, 0) is 56.8 Å². The minimum Gasteiger partial charge on any atom is -0.488 e. The molecule has 0 amide bonds. The smallest absolute Gasteiger partial charge is 0.335 e. The number of carboxylic acid groups (broad SMARTS) is 1. The molecule has 80 valence electrons. The van der Waals surface area contributed by atoms with Gasteiger partial charge in [0.25, 0.3) is 0 Å². The minimum atomic E-state index is -0.950. The molecule has 1 aromatic carbocycles. The fraction of sp³-hybridized carbons (Fsp3) is 0.300. The van der Waals surface area contributed by atoms with E-state index in [0.717, 1.165) is 12.8 Å². The van der Waals surface area contributed by atoms with Gasteiger partial charge in [-0.25, -0.2) is 4.79 Å². The van der Waals surface area contributed by atoms with Crippen LogP contribution < -0.4 is 4.74 Å². The molecule has 15 heavy (non-hydrogen) atoms. The molecule has 2 rings (SSSR count). The van der Waals surface area contributed by atoms with Crippen molar-refractivity contribution >= 4 is 37.8 Å². The Hall–Kier alpha value is -0.550. The predicted octanol–water partition coefficient (Wildman–Crippen LogP) is 3.45. The van der Waals surface area contributed by atoms with Crippen LogP contribution in [0.2, 0.25) is 0 Å². The zero-order valence-corrected chi connectivity index (χ0v) is 10.8. The van der Waals surface area contributed by atoms with E-state index < -0.39 is 5.97 Å². The van der Waals surface area contributed by atoms with E-state index in [0.29, 0.717) is 14.7 Å². The molecule has 0 spiro atoms. The fourth-order valence-corrected chi connectivity index (χ4v) is 2.52. The van der Waals surface area contributed by atoms with Crippen molar-refractivity contribution in [3.8, 4) is 5.75 Å². The van der Waals surface area contributed by atoms with Crippen LogP contribution in [-0.2, 0) is 0 Å². The highest BCUT2D eigenvalue weighted by Crippen LogP contribution is 2.38. The van der Waals surface area contributed by atoms with Crippen LogP contribution >= 0.6 is 31.9 Å². The van der Waals surface area contributed by atoms with E-state index in [1.165, 1.54) is 0 Å². The zero-order chi connectivity index (χ0) is 11.0. The molecular weight excluding hydrogens is 328 g/mol. The number of rotatable bonds is 3. The SMILES string of the molecule is O=C(O)c1cc(Br)c(OC2CC2)c(Br)c1. The summed E-state index contributed by atoms with van der Waals surface area (Å²) in [5, 5.41) is 8.84. The first-order chi connectivity index (χ1) is 7.08. The molecule has 0 atom stereocenters. The summed E-state index contributed by atoms with van der Waals surface area (Å²) in [5.74, 6) is -0.267. The van der Waals surface area contributed by atoms with Gasteiger partial charge in [-0.1, -0.05) is 0 Å². The number of aromatic carboxylic acids is 1. The summed E-state index contributed by atoms with van der Waals surface area (Å²) in [6.07, 6.45) is 2.42. The van der Waals surface area contributed by atoms with Crippen LogP contribution in [0.25, 0.3) is 0 Å². The van der Waals surface area contributed by atoms with Gasteiger partial charge in [0.2, 0.25) is 0 Å². The van der Waals surface area contributed by atoms with Crippen LogP contribution in [0.4, 0.5) is 0 Å². The maximum atomic E-state index is 10.8. The van der Waals surface area contributed by atoms with E-state index in [4.69, 9.17) is 9.84 Å². The Morgan fingerprint density at radius 1 is 1.33 bits per heavy atom. The lowest BCUT2D eigenvalue weighted by Crippen LogP contribution is -2.01. The Balaban J connectivity index is 2.34. The second kappa shape index (κ2) is 4.14. The number of hydrogen-bond donors (Lipinski definition) is 1. The normalized spacial score (nSPS) is 15.1. The molecule has 1 aliphatic carbocycles. The molecule has 0 aliphatic heterocycles. The largest absolute Gasteiger partial charge is 0.488 e. The first kappa shape index (κ1) is 11.0. The summed E-state index contributed by atoms with van der Waals surface area (Å²) >= 11 is 6.61. The van der Waals surface area contributed by atoms with E-state index in [-0.39, 0.29) is 11.7 Å². The molecule has 0 saturated heterocycles. The highest BCUT2D eigenvalue weighted by atomic mass is 79.9. The lowest BCUT2D eigenvalue weighted by molar-refractivity contribution is 0.0696. The molecule has 1 fully saturated rings. The Labute approximate surface area is 104 Å². The molecule has 1 aromatic rings. The lowest BCUT2D eigenvalue weighted by Gasteiger charge is -2.10. The number of halogens is 2. The Morgan fingerprint density at radius 3 is 2.27 bits per heavy atom. The maximum Gasteiger partial charge on any atom is 0.335 e. The highest BCUT2D eigenvalue weighted by molar-refractivity contribution is 9.11. The first-order valence-electron chi connectivity index (χ1n) is 4.47. The van der Waals surface area contributed by atoms with Gasteiger partial charge in [-0.15, -0.1) is 0 Å². The summed E-state index contributed by atoms with van der Waals surface area (Å²) in [6, 6.07) is 3.09. The third-order valence-electron chi connectivity index (χ3n) is 2.05. The van der Waals surface area contributed by atoms with E-state index in [2.05, 4.69) is 31.9 Å². The Bertz CT molecular complexity index is 390. The van der Waals surface area contributed by atoms with Crippen LogP contribution in [0.1, 0.15) is 23.2 Å². The summed E-state index contributed by atoms with van der Waals surface area (Å²) in [5.41, 5.74) is 0.233. The monoisotopic (exact) mass is 334 g/mol. The molecule has 1 aliphatic rings. The summed E-state index contributed by atoms with van der Waals surface area (Å²) in [6.45, 7) is 0. The second-order valence-electron chi connectivity index (χ2n) is 3.39. The number of benzene rings is 1. The van der Waals surface area contributed by atoms with E-state index in [9.17, 15) is 4.79 Å². The fourth-order valence-electron chi connectivity index (χ4n) is 1.15. The van der Waals surface area contributed by atoms with Crippen molar-refractivity contribution in [2.75, 3.05) is 0 Å². The van der Waals surface area contributed by atoms with Crippen LogP contribution in [0.5, 0.6) is 5.75 Å². The maximum absolute atomic E-state index is 10.8. The van der Waals surface area contributed by atoms with E-state index >= 15 is 0 Å². The molecule has 5 heteroatoms. The van der Waals surface area contributed by atoms with Gasteiger partial charge in [0, 0.05) is 0 Å². The lowest BCUT2D eigenvalue weighted by atomic mass is 10.2. The topological polar surface area (TPSA) is 46.5 Å². The average molecular weight is 336 g/mol. The van der Waals surface area contributed by atoms with Crippen molar-refractivity contribution < 1.29 is 14.6 Å². The van der Waals surface area contributed by atoms with Crippen LogP contribution in [-0.4, -0.2) is 17.2 Å². The van der Waals surface area contributed by atoms with E-state index in [1.807, 2.05) is 0 Å². The minimum absolute atomic E-state index is 0.233. The van der Waals surface area contributed by atoms with Gasteiger partial charge in [-0.2, -0.15) is 0 Å². The first-order valence-corrected chi connectivity index (χ1v) is 6.05. The van der Waals surface area contributed by atoms with Crippen LogP contribution in [0.15, 0.2) is 21.1 Å². The molecule has 1 N–H and O–H groups in total. The van der Waals surface area contributed by atoms with Gasteiger partial charge in [0.05, 0.1) is 20.6 Å². The average Bonchev–Trinajstić information content (AvgIpc) is 2.94. The molecule has 0 unspecified atom stereocenters. The second-order valence-corrected chi connectivity index (χ2v) is 5.10. The molecular formula is C10H8Br2O3. The third-order valence-corrected chi connectivity index (χ3v) is 3.23. The summed E-state index contributed by atoms with van der Waals surface area (Å²) in [7, 11) is 0. The predicted molar refractivity (Wildman–Crippen MR) is 62.5 cm³/mol. The van der Waals surface area contributed by atoms with Crippen molar-refractivity contribution in [2.24, 2.45) is 0 Å². The van der Waals surface area contributed by atoms with Crippen molar-refractivity contribution in [3.63, 3.8) is 0 Å². The summed E-state index contributed by atoms with van der Waals surface area (Å²) < 4.78 is 6.97. The molecule has 0 heterocycles. The highest BCUT2D eigenvalue weighted by Gasteiger charge is 2.25. The van der Waals surface area contributed by atoms with Gasteiger partial charge < -0.3 is 9.84 Å². The third kappa shape index (κ3) is 2.52. The molecule has 0 radical (unpaired) electrons. The molecule has 3 nitrogen and oxygen atoms in total. The number of carboxylic acids is 1. The Morgan fingerprint density at radius 2 is 1.87 bits per heavy atom. The quantitative estimate of drug-likeness (QED) is 0.920. The van der Waals surface area contributed by atoms with Gasteiger partial charge in [0.1, 0.15) is 5.75 Å². The zero-order valence-electron chi connectivity index (χ0n) is 7.67. The summed E-state index contributed by atoms with van der Waals surface area (Å²) in [4.78, 5) is 10.8. The van der Waals surface area contributed by atoms with Crippen molar-refractivity contribution in [2.45, 2.75) is 18.9 Å². The van der Waals surface area contributed by atoms with Crippen molar-refractivity contribution in [1.82, 2.24) is 0 Å². The van der Waals surface area contributed by atoms with Gasteiger partial charge in [-0.3, -0.25) is 0 Å². The van der Waals surface area contributed by atoms with E-state index in [1.54, 1.807) is 12.1 Å². The van der Waals surface area contributed by atoms with Crippen molar-refractivity contribution in [3.05, 3.63) is 26.6 Å². The molecule has 0 aromatic heterocycles. The Kier molecular flexibility index (Phi) is 3.02. The van der Waals surface area contributed by atoms with Crippen LogP contribution in [0.3, 0.4) is 0 Å². The molecule has 0 bridgehead atoms.